The molecule has 2 aromatic rings. The molecule has 1 N–H and O–H groups in total. The van der Waals surface area contributed by atoms with Gasteiger partial charge >= 0.3 is 0 Å². The molecular weight excluding hydrogens is 348 g/mol. The molecule has 3 rings (SSSR count). The van der Waals surface area contributed by atoms with Gasteiger partial charge in [-0.2, -0.15) is 4.31 Å². The zero-order valence-electron chi connectivity index (χ0n) is 13.1. The summed E-state index contributed by atoms with van der Waals surface area (Å²) in [6.07, 6.45) is 0.783. The molecule has 24 heavy (non-hydrogen) atoms. The van der Waals surface area contributed by atoms with Crippen LogP contribution in [-0.4, -0.2) is 25.2 Å². The molecular formula is C17H17ClN2O3S. The topological polar surface area (TPSA) is 66.5 Å². The Morgan fingerprint density at radius 1 is 1.12 bits per heavy atom. The number of hydrogen-bond acceptors (Lipinski definition) is 3. The van der Waals surface area contributed by atoms with Gasteiger partial charge in [-0.15, -0.1) is 0 Å². The fourth-order valence-electron chi connectivity index (χ4n) is 2.72. The molecule has 0 aliphatic carbocycles. The molecule has 0 spiro atoms. The van der Waals surface area contributed by atoms with Gasteiger partial charge in [0.15, 0.2) is 0 Å². The number of carbonyl (C=O) groups is 1. The van der Waals surface area contributed by atoms with Crippen molar-refractivity contribution in [1.82, 2.24) is 4.31 Å². The maximum atomic E-state index is 12.8. The van der Waals surface area contributed by atoms with Gasteiger partial charge in [0.25, 0.3) is 0 Å². The first kappa shape index (κ1) is 17.0. The molecule has 1 heterocycles. The molecule has 1 atom stereocenters. The summed E-state index contributed by atoms with van der Waals surface area (Å²) in [5, 5.41) is 3.25. The minimum Gasteiger partial charge on any atom is -0.326 e. The SMILES string of the molecule is CC(=O)Nc1ccc(S(=O)(=O)N2CC[C@H]2c2ccc(Cl)cc2)cc1. The maximum absolute atomic E-state index is 12.8. The Hall–Kier alpha value is -1.89. The second-order valence-corrected chi connectivity index (χ2v) is 8.00. The molecule has 0 unspecified atom stereocenters. The third kappa shape index (κ3) is 3.31. The zero-order valence-corrected chi connectivity index (χ0v) is 14.6. The summed E-state index contributed by atoms with van der Waals surface area (Å²) in [5.41, 5.74) is 1.50. The summed E-state index contributed by atoms with van der Waals surface area (Å²) in [4.78, 5) is 11.3. The van der Waals surface area contributed by atoms with E-state index in [-0.39, 0.29) is 16.8 Å². The highest BCUT2D eigenvalue weighted by atomic mass is 35.5. The Labute approximate surface area is 146 Å². The van der Waals surface area contributed by atoms with Crippen molar-refractivity contribution in [3.63, 3.8) is 0 Å². The van der Waals surface area contributed by atoms with Crippen molar-refractivity contribution < 1.29 is 13.2 Å². The summed E-state index contributed by atoms with van der Waals surface area (Å²) in [5.74, 6) is -0.198. The Morgan fingerprint density at radius 2 is 1.75 bits per heavy atom. The fraction of sp³-hybridized carbons (Fsp3) is 0.235. The molecule has 0 saturated carbocycles. The Bertz CT molecular complexity index is 848. The van der Waals surface area contributed by atoms with Crippen LogP contribution in [0.2, 0.25) is 5.02 Å². The normalized spacial score (nSPS) is 18.0. The molecule has 1 amide bonds. The average molecular weight is 365 g/mol. The van der Waals surface area contributed by atoms with Crippen LogP contribution in [0.15, 0.2) is 53.4 Å². The van der Waals surface area contributed by atoms with Gasteiger partial charge in [-0.25, -0.2) is 8.42 Å². The highest BCUT2D eigenvalue weighted by molar-refractivity contribution is 7.89. The van der Waals surface area contributed by atoms with Crippen molar-refractivity contribution in [2.24, 2.45) is 0 Å². The molecule has 0 bridgehead atoms. The summed E-state index contributed by atoms with van der Waals surface area (Å²) in [6, 6.07) is 13.3. The monoisotopic (exact) mass is 364 g/mol. The molecule has 126 valence electrons. The van der Waals surface area contributed by atoms with Crippen LogP contribution in [0.5, 0.6) is 0 Å². The van der Waals surface area contributed by atoms with E-state index in [1.807, 2.05) is 12.1 Å². The molecule has 1 aliphatic rings. The zero-order chi connectivity index (χ0) is 17.3. The molecule has 0 aromatic heterocycles. The van der Waals surface area contributed by atoms with Crippen LogP contribution in [0.25, 0.3) is 0 Å². The highest BCUT2D eigenvalue weighted by Gasteiger charge is 2.39. The van der Waals surface area contributed by atoms with E-state index in [0.29, 0.717) is 17.3 Å². The standard InChI is InChI=1S/C17H17ClN2O3S/c1-12(21)19-15-6-8-16(9-7-15)24(22,23)20-11-10-17(20)13-2-4-14(18)5-3-13/h2-9,17H,10-11H2,1H3,(H,19,21)/t17-/m0/s1. The number of rotatable bonds is 4. The van der Waals surface area contributed by atoms with Gasteiger partial charge < -0.3 is 5.32 Å². The third-order valence-electron chi connectivity index (χ3n) is 4.01. The fourth-order valence-corrected chi connectivity index (χ4v) is 4.50. The van der Waals surface area contributed by atoms with Crippen molar-refractivity contribution in [3.8, 4) is 0 Å². The van der Waals surface area contributed by atoms with Gasteiger partial charge in [0.1, 0.15) is 0 Å². The van der Waals surface area contributed by atoms with Crippen molar-refractivity contribution in [2.45, 2.75) is 24.3 Å². The van der Waals surface area contributed by atoms with Gasteiger partial charge in [-0.3, -0.25) is 4.79 Å². The van der Waals surface area contributed by atoms with Gasteiger partial charge in [0.2, 0.25) is 15.9 Å². The number of amides is 1. The number of sulfonamides is 1. The lowest BCUT2D eigenvalue weighted by molar-refractivity contribution is -0.114. The first-order chi connectivity index (χ1) is 11.4. The molecule has 1 fully saturated rings. The van der Waals surface area contributed by atoms with Crippen molar-refractivity contribution >= 4 is 33.2 Å². The lowest BCUT2D eigenvalue weighted by Crippen LogP contribution is -2.44. The van der Waals surface area contributed by atoms with E-state index in [0.717, 1.165) is 12.0 Å². The van der Waals surface area contributed by atoms with E-state index >= 15 is 0 Å². The van der Waals surface area contributed by atoms with E-state index < -0.39 is 10.0 Å². The van der Waals surface area contributed by atoms with E-state index in [1.54, 1.807) is 24.3 Å². The van der Waals surface area contributed by atoms with Crippen LogP contribution >= 0.6 is 11.6 Å². The van der Waals surface area contributed by atoms with Crippen LogP contribution in [0.3, 0.4) is 0 Å². The maximum Gasteiger partial charge on any atom is 0.243 e. The van der Waals surface area contributed by atoms with Crippen LogP contribution in [0.4, 0.5) is 5.69 Å². The first-order valence-electron chi connectivity index (χ1n) is 7.53. The van der Waals surface area contributed by atoms with Crippen LogP contribution in [0, 0.1) is 0 Å². The molecule has 0 radical (unpaired) electrons. The van der Waals surface area contributed by atoms with Gasteiger partial charge in [0, 0.05) is 24.2 Å². The highest BCUT2D eigenvalue weighted by Crippen LogP contribution is 2.38. The molecule has 1 saturated heterocycles. The predicted molar refractivity (Wildman–Crippen MR) is 93.4 cm³/mol. The van der Waals surface area contributed by atoms with Crippen molar-refractivity contribution in [1.29, 1.82) is 0 Å². The van der Waals surface area contributed by atoms with Crippen LogP contribution in [0.1, 0.15) is 24.9 Å². The van der Waals surface area contributed by atoms with Crippen molar-refractivity contribution in [3.05, 3.63) is 59.1 Å². The van der Waals surface area contributed by atoms with E-state index in [1.165, 1.54) is 23.4 Å². The Morgan fingerprint density at radius 3 is 2.25 bits per heavy atom. The summed E-state index contributed by atoms with van der Waals surface area (Å²) in [6.45, 7) is 1.89. The summed E-state index contributed by atoms with van der Waals surface area (Å²) in [7, 11) is -3.57. The number of halogens is 1. The number of benzene rings is 2. The van der Waals surface area contributed by atoms with Gasteiger partial charge in [0.05, 0.1) is 10.9 Å². The lowest BCUT2D eigenvalue weighted by Gasteiger charge is -2.40. The Kier molecular flexibility index (Phi) is 4.62. The molecule has 7 heteroatoms. The van der Waals surface area contributed by atoms with E-state index in [4.69, 9.17) is 11.6 Å². The minimum absolute atomic E-state index is 0.165. The van der Waals surface area contributed by atoms with Crippen LogP contribution in [-0.2, 0) is 14.8 Å². The van der Waals surface area contributed by atoms with Crippen LogP contribution < -0.4 is 5.32 Å². The smallest absolute Gasteiger partial charge is 0.243 e. The van der Waals surface area contributed by atoms with Gasteiger partial charge in [-0.05, 0) is 48.4 Å². The van der Waals surface area contributed by atoms with Crippen molar-refractivity contribution in [2.75, 3.05) is 11.9 Å². The van der Waals surface area contributed by atoms with Gasteiger partial charge in [-0.1, -0.05) is 23.7 Å². The number of hydrogen-bond donors (Lipinski definition) is 1. The van der Waals surface area contributed by atoms with E-state index in [9.17, 15) is 13.2 Å². The molecule has 2 aromatic carbocycles. The summed E-state index contributed by atoms with van der Waals surface area (Å²) >= 11 is 5.89. The quantitative estimate of drug-likeness (QED) is 0.903. The number of anilines is 1. The summed E-state index contributed by atoms with van der Waals surface area (Å²) < 4.78 is 27.1. The first-order valence-corrected chi connectivity index (χ1v) is 9.35. The number of nitrogens with one attached hydrogen (secondary N) is 1. The molecule has 5 nitrogen and oxygen atoms in total. The number of carbonyl (C=O) groups excluding carboxylic acids is 1. The molecule has 1 aliphatic heterocycles. The largest absolute Gasteiger partial charge is 0.326 e. The lowest BCUT2D eigenvalue weighted by atomic mass is 9.98. The Balaban J connectivity index is 1.82. The second kappa shape index (κ2) is 6.55. The number of nitrogens with zero attached hydrogens (tertiary/aromatic N) is 1. The van der Waals surface area contributed by atoms with E-state index in [2.05, 4.69) is 5.32 Å². The third-order valence-corrected chi connectivity index (χ3v) is 6.18. The predicted octanol–water partition coefficient (Wildman–Crippen LogP) is 3.43. The average Bonchev–Trinajstić information content (AvgIpc) is 2.48. The second-order valence-electron chi connectivity index (χ2n) is 5.68. The minimum atomic E-state index is -3.57.